The first kappa shape index (κ1) is 10.7. The predicted molar refractivity (Wildman–Crippen MR) is 65.4 cm³/mol. The lowest BCUT2D eigenvalue weighted by Crippen LogP contribution is -2.20. The fourth-order valence-corrected chi connectivity index (χ4v) is 1.90. The molecule has 90 valence electrons. The summed E-state index contributed by atoms with van der Waals surface area (Å²) >= 11 is 0. The third kappa shape index (κ3) is 1.79. The van der Waals surface area contributed by atoms with Crippen molar-refractivity contribution in [1.29, 1.82) is 0 Å². The van der Waals surface area contributed by atoms with Crippen LogP contribution < -0.4 is 0 Å². The van der Waals surface area contributed by atoms with Crippen LogP contribution in [0.15, 0.2) is 41.7 Å². The second kappa shape index (κ2) is 4.10. The molecule has 3 rings (SSSR count). The molecule has 1 aromatic carbocycles. The van der Waals surface area contributed by atoms with E-state index in [1.54, 1.807) is 6.20 Å². The highest BCUT2D eigenvalue weighted by Crippen LogP contribution is 2.19. The zero-order valence-corrected chi connectivity index (χ0v) is 9.41. The number of oxime groups is 1. The lowest BCUT2D eigenvalue weighted by molar-refractivity contribution is -0.148. The van der Waals surface area contributed by atoms with E-state index in [9.17, 15) is 4.79 Å². The van der Waals surface area contributed by atoms with Crippen LogP contribution in [0, 0.1) is 0 Å². The van der Waals surface area contributed by atoms with Gasteiger partial charge >= 0.3 is 5.97 Å². The fraction of sp³-hybridized carbons (Fsp3) is 0.154. The maximum Gasteiger partial charge on any atom is 0.348 e. The van der Waals surface area contributed by atoms with Crippen molar-refractivity contribution in [2.75, 3.05) is 0 Å². The van der Waals surface area contributed by atoms with Gasteiger partial charge in [0.05, 0.1) is 5.69 Å². The molecule has 1 aromatic heterocycles. The maximum absolute atomic E-state index is 10.8. The Morgan fingerprint density at radius 3 is 2.83 bits per heavy atom. The van der Waals surface area contributed by atoms with Crippen LogP contribution in [0.25, 0.3) is 10.8 Å². The van der Waals surface area contributed by atoms with Crippen LogP contribution in [0.2, 0.25) is 0 Å². The summed E-state index contributed by atoms with van der Waals surface area (Å²) in [4.78, 5) is 19.9. The average molecular weight is 242 g/mol. The van der Waals surface area contributed by atoms with Crippen molar-refractivity contribution >= 4 is 22.5 Å². The summed E-state index contributed by atoms with van der Waals surface area (Å²) in [5.41, 5.74) is 1.24. The molecule has 0 saturated carbocycles. The number of rotatable bonds is 2. The van der Waals surface area contributed by atoms with Crippen LogP contribution in [-0.4, -0.2) is 27.9 Å². The molecule has 0 spiro atoms. The smallest absolute Gasteiger partial charge is 0.348 e. The number of fused-ring (bicyclic) bond motifs is 1. The normalized spacial score (nSPS) is 18.4. The van der Waals surface area contributed by atoms with Crippen molar-refractivity contribution in [2.45, 2.75) is 12.5 Å². The van der Waals surface area contributed by atoms with Crippen LogP contribution >= 0.6 is 0 Å². The Kier molecular flexibility index (Phi) is 2.44. The zero-order chi connectivity index (χ0) is 12.5. The highest BCUT2D eigenvalue weighted by Gasteiger charge is 2.28. The molecule has 1 atom stereocenters. The number of hydrogen-bond donors (Lipinski definition) is 1. The molecular weight excluding hydrogens is 232 g/mol. The van der Waals surface area contributed by atoms with Gasteiger partial charge < -0.3 is 9.94 Å². The fourth-order valence-electron chi connectivity index (χ4n) is 1.90. The number of hydrogen-bond acceptors (Lipinski definition) is 4. The first-order valence-corrected chi connectivity index (χ1v) is 5.55. The van der Waals surface area contributed by atoms with Gasteiger partial charge in [-0.3, -0.25) is 4.98 Å². The molecule has 0 amide bonds. The molecule has 1 aliphatic heterocycles. The number of carbonyl (C=O) groups is 1. The first-order valence-electron chi connectivity index (χ1n) is 5.55. The van der Waals surface area contributed by atoms with Gasteiger partial charge in [0, 0.05) is 18.0 Å². The Hall–Kier alpha value is -2.43. The van der Waals surface area contributed by atoms with Gasteiger partial charge in [-0.05, 0) is 11.5 Å². The molecule has 1 aliphatic rings. The number of carboxylic acids is 1. The van der Waals surface area contributed by atoms with Gasteiger partial charge in [-0.2, -0.15) is 0 Å². The molecule has 0 radical (unpaired) electrons. The highest BCUT2D eigenvalue weighted by atomic mass is 16.7. The number of pyridine rings is 1. The molecule has 5 nitrogen and oxygen atoms in total. The number of aliphatic carboxylic acids is 1. The molecule has 5 heteroatoms. The summed E-state index contributed by atoms with van der Waals surface area (Å²) in [6, 6.07) is 9.73. The number of benzene rings is 1. The van der Waals surface area contributed by atoms with E-state index in [0.29, 0.717) is 11.4 Å². The van der Waals surface area contributed by atoms with Crippen molar-refractivity contribution in [3.05, 3.63) is 42.2 Å². The van der Waals surface area contributed by atoms with E-state index in [-0.39, 0.29) is 6.42 Å². The van der Waals surface area contributed by atoms with Crippen molar-refractivity contribution in [3.8, 4) is 0 Å². The topological polar surface area (TPSA) is 71.8 Å². The van der Waals surface area contributed by atoms with Crippen molar-refractivity contribution in [1.82, 2.24) is 4.98 Å². The Morgan fingerprint density at radius 1 is 1.33 bits per heavy atom. The Morgan fingerprint density at radius 2 is 2.11 bits per heavy atom. The van der Waals surface area contributed by atoms with Gasteiger partial charge in [-0.15, -0.1) is 0 Å². The Bertz CT molecular complexity index is 651. The van der Waals surface area contributed by atoms with Gasteiger partial charge in [0.15, 0.2) is 0 Å². The zero-order valence-electron chi connectivity index (χ0n) is 9.41. The quantitative estimate of drug-likeness (QED) is 0.871. The van der Waals surface area contributed by atoms with Crippen LogP contribution in [0.4, 0.5) is 0 Å². The summed E-state index contributed by atoms with van der Waals surface area (Å²) in [5, 5.41) is 14.7. The minimum absolute atomic E-state index is 0.251. The maximum atomic E-state index is 10.8. The largest absolute Gasteiger partial charge is 0.478 e. The molecule has 1 N–H and O–H groups in total. The van der Waals surface area contributed by atoms with Crippen LogP contribution in [0.3, 0.4) is 0 Å². The number of nitrogens with zero attached hydrogens (tertiary/aromatic N) is 2. The second-order valence-corrected chi connectivity index (χ2v) is 4.09. The molecule has 0 fully saturated rings. The van der Waals surface area contributed by atoms with E-state index in [1.807, 2.05) is 30.3 Å². The molecule has 0 saturated heterocycles. The molecule has 1 unspecified atom stereocenters. The van der Waals surface area contributed by atoms with E-state index in [1.165, 1.54) is 0 Å². The van der Waals surface area contributed by atoms with E-state index in [2.05, 4.69) is 10.1 Å². The molecule has 0 aliphatic carbocycles. The van der Waals surface area contributed by atoms with E-state index in [4.69, 9.17) is 9.94 Å². The third-order valence-electron chi connectivity index (χ3n) is 2.87. The van der Waals surface area contributed by atoms with Crippen LogP contribution in [-0.2, 0) is 9.63 Å². The van der Waals surface area contributed by atoms with Crippen molar-refractivity contribution in [2.24, 2.45) is 5.16 Å². The standard InChI is InChI=1S/C13H10N2O3/c16-13(17)12-6-11(15-18-12)10-5-8-3-1-2-4-9(8)7-14-10/h1-5,7,12H,6H2,(H,16,17). The number of carboxylic acid groups (broad SMARTS) is 1. The second-order valence-electron chi connectivity index (χ2n) is 4.09. The summed E-state index contributed by atoms with van der Waals surface area (Å²) in [5.74, 6) is -1.01. The summed E-state index contributed by atoms with van der Waals surface area (Å²) in [7, 11) is 0. The Balaban J connectivity index is 1.94. The van der Waals surface area contributed by atoms with Crippen molar-refractivity contribution in [3.63, 3.8) is 0 Å². The molecule has 2 heterocycles. The third-order valence-corrected chi connectivity index (χ3v) is 2.87. The SMILES string of the molecule is O=C(O)C1CC(c2cc3ccccc3cn2)=NO1. The molecule has 18 heavy (non-hydrogen) atoms. The summed E-state index contributed by atoms with van der Waals surface area (Å²) in [6.45, 7) is 0. The van der Waals surface area contributed by atoms with E-state index < -0.39 is 12.1 Å². The first-order chi connectivity index (χ1) is 8.74. The molecule has 0 bridgehead atoms. The van der Waals surface area contributed by atoms with Crippen LogP contribution in [0.1, 0.15) is 12.1 Å². The molecule has 2 aromatic rings. The number of aromatic nitrogens is 1. The van der Waals surface area contributed by atoms with Crippen molar-refractivity contribution < 1.29 is 14.7 Å². The van der Waals surface area contributed by atoms with Gasteiger partial charge in [0.1, 0.15) is 5.71 Å². The lowest BCUT2D eigenvalue weighted by Gasteiger charge is -2.01. The van der Waals surface area contributed by atoms with Gasteiger partial charge in [0.25, 0.3) is 0 Å². The predicted octanol–water partition coefficient (Wildman–Crippen LogP) is 1.81. The monoisotopic (exact) mass is 242 g/mol. The van der Waals surface area contributed by atoms with E-state index in [0.717, 1.165) is 10.8 Å². The van der Waals surface area contributed by atoms with E-state index >= 15 is 0 Å². The summed E-state index contributed by atoms with van der Waals surface area (Å²) < 4.78 is 0. The van der Waals surface area contributed by atoms with Crippen LogP contribution in [0.5, 0.6) is 0 Å². The minimum atomic E-state index is -1.01. The highest BCUT2D eigenvalue weighted by molar-refractivity contribution is 6.03. The lowest BCUT2D eigenvalue weighted by atomic mass is 10.1. The van der Waals surface area contributed by atoms with Gasteiger partial charge in [-0.25, -0.2) is 4.79 Å². The minimum Gasteiger partial charge on any atom is -0.478 e. The summed E-state index contributed by atoms with van der Waals surface area (Å²) in [6.07, 6.45) is 1.11. The molecular formula is C13H10N2O3. The average Bonchev–Trinajstić information content (AvgIpc) is 2.88. The van der Waals surface area contributed by atoms with Gasteiger partial charge in [-0.1, -0.05) is 29.4 Å². The Labute approximate surface area is 103 Å². The van der Waals surface area contributed by atoms with Gasteiger partial charge in [0.2, 0.25) is 6.10 Å².